The summed E-state index contributed by atoms with van der Waals surface area (Å²) < 4.78 is 5.53. The molecule has 5 nitrogen and oxygen atoms in total. The van der Waals surface area contributed by atoms with Crippen molar-refractivity contribution < 1.29 is 4.74 Å². The summed E-state index contributed by atoms with van der Waals surface area (Å²) in [6, 6.07) is 2.47. The summed E-state index contributed by atoms with van der Waals surface area (Å²) in [5, 5.41) is 4.59. The van der Waals surface area contributed by atoms with E-state index in [0.29, 0.717) is 12.0 Å². The largest absolute Gasteiger partial charge is 0.379 e. The van der Waals surface area contributed by atoms with Crippen molar-refractivity contribution in [2.75, 3.05) is 18.2 Å². The van der Waals surface area contributed by atoms with E-state index in [2.05, 4.69) is 28.3 Å². The standard InChI is InChI=1S/C14H20N4OS/c1-3-8-7-9-12(17-14(15)18-13(9)20-8)16-10-5-4-6-11(10)19-2/h7,10-11H,3-6H2,1-2H3,(H3,15,16,17,18). The molecule has 1 aliphatic carbocycles. The van der Waals surface area contributed by atoms with E-state index in [1.54, 1.807) is 18.4 Å². The number of aryl methyl sites for hydroxylation is 1. The fourth-order valence-electron chi connectivity index (χ4n) is 2.82. The van der Waals surface area contributed by atoms with Crippen molar-refractivity contribution in [3.8, 4) is 0 Å². The molecule has 3 rings (SSSR count). The predicted octanol–water partition coefficient (Wildman–Crippen LogP) is 2.82. The number of ether oxygens (including phenoxy) is 1. The highest BCUT2D eigenvalue weighted by atomic mass is 32.1. The van der Waals surface area contributed by atoms with Crippen LogP contribution in [-0.4, -0.2) is 29.2 Å². The van der Waals surface area contributed by atoms with E-state index in [-0.39, 0.29) is 6.10 Å². The van der Waals surface area contributed by atoms with Gasteiger partial charge in [-0.05, 0) is 31.7 Å². The molecule has 20 heavy (non-hydrogen) atoms. The van der Waals surface area contributed by atoms with Gasteiger partial charge in [0.05, 0.1) is 17.5 Å². The van der Waals surface area contributed by atoms with Crippen LogP contribution in [0.1, 0.15) is 31.1 Å². The maximum Gasteiger partial charge on any atom is 0.223 e. The number of nitrogens with zero attached hydrogens (tertiary/aromatic N) is 2. The normalized spacial score (nSPS) is 22.5. The Balaban J connectivity index is 1.95. The van der Waals surface area contributed by atoms with Crippen molar-refractivity contribution >= 4 is 33.3 Å². The van der Waals surface area contributed by atoms with Crippen molar-refractivity contribution in [3.63, 3.8) is 0 Å². The zero-order valence-corrected chi connectivity index (χ0v) is 12.7. The number of thiophene rings is 1. The van der Waals surface area contributed by atoms with Crippen LogP contribution in [0.3, 0.4) is 0 Å². The first-order valence-corrected chi connectivity index (χ1v) is 7.88. The van der Waals surface area contributed by atoms with E-state index >= 15 is 0 Å². The first-order chi connectivity index (χ1) is 9.71. The van der Waals surface area contributed by atoms with Crippen LogP contribution in [0.15, 0.2) is 6.07 Å². The first-order valence-electron chi connectivity index (χ1n) is 7.06. The molecule has 0 spiro atoms. The lowest BCUT2D eigenvalue weighted by Crippen LogP contribution is -2.30. The maximum absolute atomic E-state index is 5.83. The molecule has 2 aromatic heterocycles. The number of nitrogens with two attached hydrogens (primary N) is 1. The molecule has 0 bridgehead atoms. The quantitative estimate of drug-likeness (QED) is 0.906. The second-order valence-corrected chi connectivity index (χ2v) is 6.29. The summed E-state index contributed by atoms with van der Waals surface area (Å²) in [4.78, 5) is 11.0. The summed E-state index contributed by atoms with van der Waals surface area (Å²) >= 11 is 1.69. The zero-order valence-electron chi connectivity index (χ0n) is 11.8. The number of hydrogen-bond donors (Lipinski definition) is 2. The van der Waals surface area contributed by atoms with Gasteiger partial charge >= 0.3 is 0 Å². The number of rotatable bonds is 4. The second kappa shape index (κ2) is 5.54. The van der Waals surface area contributed by atoms with Crippen LogP contribution < -0.4 is 11.1 Å². The van der Waals surface area contributed by atoms with Gasteiger partial charge in [-0.25, -0.2) is 4.98 Å². The Hall–Kier alpha value is -1.40. The fourth-order valence-corrected chi connectivity index (χ4v) is 3.80. The highest BCUT2D eigenvalue weighted by Crippen LogP contribution is 2.32. The van der Waals surface area contributed by atoms with Crippen LogP contribution in [0.25, 0.3) is 10.2 Å². The van der Waals surface area contributed by atoms with Crippen LogP contribution in [0.4, 0.5) is 11.8 Å². The Morgan fingerprint density at radius 1 is 1.45 bits per heavy atom. The third-order valence-corrected chi connectivity index (χ3v) is 5.06. The molecule has 2 heterocycles. The number of hydrogen-bond acceptors (Lipinski definition) is 6. The molecule has 6 heteroatoms. The van der Waals surface area contributed by atoms with Gasteiger partial charge in [-0.1, -0.05) is 6.92 Å². The number of nitrogens with one attached hydrogen (secondary N) is 1. The molecule has 0 aliphatic heterocycles. The molecular formula is C14H20N4OS. The summed E-state index contributed by atoms with van der Waals surface area (Å²) in [6.07, 6.45) is 4.65. The molecule has 2 atom stereocenters. The number of methoxy groups -OCH3 is 1. The van der Waals surface area contributed by atoms with Crippen molar-refractivity contribution in [3.05, 3.63) is 10.9 Å². The average Bonchev–Trinajstić information content (AvgIpc) is 3.04. The van der Waals surface area contributed by atoms with Crippen LogP contribution in [0.2, 0.25) is 0 Å². The molecule has 3 N–H and O–H groups in total. The summed E-state index contributed by atoms with van der Waals surface area (Å²) in [7, 11) is 1.77. The van der Waals surface area contributed by atoms with Gasteiger partial charge in [0.1, 0.15) is 10.6 Å². The van der Waals surface area contributed by atoms with E-state index in [1.165, 1.54) is 11.3 Å². The van der Waals surface area contributed by atoms with Crippen molar-refractivity contribution in [1.82, 2.24) is 9.97 Å². The Bertz CT molecular complexity index is 612. The van der Waals surface area contributed by atoms with Crippen LogP contribution in [0.5, 0.6) is 0 Å². The lowest BCUT2D eigenvalue weighted by Gasteiger charge is -2.20. The number of nitrogen functional groups attached to an aromatic ring is 1. The molecule has 0 radical (unpaired) electrons. The minimum atomic E-state index is 0.255. The SMILES string of the molecule is CCc1cc2c(NC3CCCC3OC)nc(N)nc2s1. The van der Waals surface area contributed by atoms with Gasteiger partial charge in [-0.15, -0.1) is 11.3 Å². The second-order valence-electron chi connectivity index (χ2n) is 5.17. The topological polar surface area (TPSA) is 73.1 Å². The predicted molar refractivity (Wildman–Crippen MR) is 83.3 cm³/mol. The van der Waals surface area contributed by atoms with Crippen LogP contribution >= 0.6 is 11.3 Å². The zero-order chi connectivity index (χ0) is 14.1. The molecular weight excluding hydrogens is 272 g/mol. The monoisotopic (exact) mass is 292 g/mol. The van der Waals surface area contributed by atoms with Gasteiger partial charge in [0.2, 0.25) is 5.95 Å². The molecule has 2 unspecified atom stereocenters. The average molecular weight is 292 g/mol. The fraction of sp³-hybridized carbons (Fsp3) is 0.571. The Labute approximate surface area is 122 Å². The minimum Gasteiger partial charge on any atom is -0.379 e. The van der Waals surface area contributed by atoms with Gasteiger partial charge in [0.25, 0.3) is 0 Å². The third-order valence-electron chi connectivity index (χ3n) is 3.89. The van der Waals surface area contributed by atoms with Gasteiger partial charge < -0.3 is 15.8 Å². The lowest BCUT2D eigenvalue weighted by atomic mass is 10.2. The third kappa shape index (κ3) is 2.45. The van der Waals surface area contributed by atoms with E-state index < -0.39 is 0 Å². The molecule has 0 aromatic carbocycles. The van der Waals surface area contributed by atoms with E-state index in [1.807, 2.05) is 0 Å². The molecule has 1 fully saturated rings. The van der Waals surface area contributed by atoms with E-state index in [0.717, 1.165) is 35.3 Å². The number of anilines is 2. The van der Waals surface area contributed by atoms with Crippen molar-refractivity contribution in [2.24, 2.45) is 0 Å². The summed E-state index contributed by atoms with van der Waals surface area (Å²) in [6.45, 7) is 2.15. The first kappa shape index (κ1) is 13.6. The molecule has 0 saturated heterocycles. The molecule has 108 valence electrons. The molecule has 1 aliphatic rings. The summed E-state index contributed by atoms with van der Waals surface area (Å²) in [5.74, 6) is 1.17. The lowest BCUT2D eigenvalue weighted by molar-refractivity contribution is 0.101. The molecule has 1 saturated carbocycles. The van der Waals surface area contributed by atoms with E-state index in [4.69, 9.17) is 10.5 Å². The highest BCUT2D eigenvalue weighted by molar-refractivity contribution is 7.18. The van der Waals surface area contributed by atoms with Gasteiger partial charge in [0.15, 0.2) is 0 Å². The smallest absolute Gasteiger partial charge is 0.223 e. The van der Waals surface area contributed by atoms with Crippen molar-refractivity contribution in [2.45, 2.75) is 44.8 Å². The van der Waals surface area contributed by atoms with Gasteiger partial charge in [0, 0.05) is 12.0 Å². The Morgan fingerprint density at radius 3 is 3.05 bits per heavy atom. The Kier molecular flexibility index (Phi) is 3.76. The summed E-state index contributed by atoms with van der Waals surface area (Å²) in [5.41, 5.74) is 5.83. The van der Waals surface area contributed by atoms with Gasteiger partial charge in [-0.2, -0.15) is 4.98 Å². The maximum atomic E-state index is 5.83. The number of aromatic nitrogens is 2. The Morgan fingerprint density at radius 2 is 2.30 bits per heavy atom. The molecule has 2 aromatic rings. The highest BCUT2D eigenvalue weighted by Gasteiger charge is 2.28. The number of fused-ring (bicyclic) bond motifs is 1. The van der Waals surface area contributed by atoms with E-state index in [9.17, 15) is 0 Å². The minimum absolute atomic E-state index is 0.255. The van der Waals surface area contributed by atoms with Crippen LogP contribution in [0, 0.1) is 0 Å². The van der Waals surface area contributed by atoms with Gasteiger partial charge in [-0.3, -0.25) is 0 Å². The van der Waals surface area contributed by atoms with Crippen LogP contribution in [-0.2, 0) is 11.2 Å². The molecule has 0 amide bonds. The van der Waals surface area contributed by atoms with Crippen molar-refractivity contribution in [1.29, 1.82) is 0 Å².